The number of hydrogen-bond acceptors (Lipinski definition) is 4. The van der Waals surface area contributed by atoms with Crippen LogP contribution in [0.25, 0.3) is 0 Å². The lowest BCUT2D eigenvalue weighted by Gasteiger charge is -2.46. The van der Waals surface area contributed by atoms with E-state index in [1.807, 2.05) is 25.1 Å². The van der Waals surface area contributed by atoms with Gasteiger partial charge in [0.15, 0.2) is 0 Å². The highest BCUT2D eigenvalue weighted by Gasteiger charge is 2.55. The minimum absolute atomic E-state index is 0.00189. The van der Waals surface area contributed by atoms with Crippen LogP contribution in [0, 0.1) is 23.7 Å². The Balaban J connectivity index is 1.56. The van der Waals surface area contributed by atoms with Crippen LogP contribution in [-0.2, 0) is 20.9 Å². The summed E-state index contributed by atoms with van der Waals surface area (Å²) in [7, 11) is 0. The SMILES string of the molecule is C[C@@H]1OC(=O)C2CC3CCCCC3[C@@H](OCc3ccccn3)C21. The van der Waals surface area contributed by atoms with Crippen molar-refractivity contribution in [3.8, 4) is 0 Å². The second-order valence-corrected chi connectivity index (χ2v) is 7.37. The maximum atomic E-state index is 12.2. The molecular weight excluding hydrogens is 290 g/mol. The lowest BCUT2D eigenvalue weighted by molar-refractivity contribution is -0.145. The molecule has 0 radical (unpaired) electrons. The lowest BCUT2D eigenvalue weighted by atomic mass is 9.61. The van der Waals surface area contributed by atoms with Gasteiger partial charge in [-0.15, -0.1) is 0 Å². The average Bonchev–Trinajstić information content (AvgIpc) is 2.87. The molecule has 0 aromatic carbocycles. The van der Waals surface area contributed by atoms with E-state index in [-0.39, 0.29) is 30.0 Å². The predicted octanol–water partition coefficient (Wildman–Crippen LogP) is 3.35. The van der Waals surface area contributed by atoms with Crippen molar-refractivity contribution in [3.63, 3.8) is 0 Å². The summed E-state index contributed by atoms with van der Waals surface area (Å²) in [6, 6.07) is 5.91. The molecule has 4 unspecified atom stereocenters. The Kier molecular flexibility index (Phi) is 4.10. The molecular formula is C19H25NO3. The first-order valence-electron chi connectivity index (χ1n) is 8.96. The van der Waals surface area contributed by atoms with Crippen LogP contribution in [0.3, 0.4) is 0 Å². The molecule has 2 saturated carbocycles. The molecule has 23 heavy (non-hydrogen) atoms. The van der Waals surface area contributed by atoms with Gasteiger partial charge in [0.05, 0.1) is 24.3 Å². The normalized spacial score (nSPS) is 39.4. The average molecular weight is 315 g/mol. The number of cyclic esters (lactones) is 1. The molecule has 6 atom stereocenters. The first kappa shape index (κ1) is 15.1. The van der Waals surface area contributed by atoms with E-state index in [0.717, 1.165) is 12.1 Å². The molecule has 4 rings (SSSR count). The largest absolute Gasteiger partial charge is 0.462 e. The van der Waals surface area contributed by atoms with Crippen LogP contribution in [0.2, 0.25) is 0 Å². The van der Waals surface area contributed by atoms with Gasteiger partial charge in [0, 0.05) is 12.1 Å². The van der Waals surface area contributed by atoms with Gasteiger partial charge in [0.1, 0.15) is 6.10 Å². The summed E-state index contributed by atoms with van der Waals surface area (Å²) < 4.78 is 11.9. The van der Waals surface area contributed by atoms with Crippen LogP contribution in [0.4, 0.5) is 0 Å². The third-order valence-corrected chi connectivity index (χ3v) is 6.09. The van der Waals surface area contributed by atoms with Gasteiger partial charge in [-0.2, -0.15) is 0 Å². The van der Waals surface area contributed by atoms with E-state index in [1.165, 1.54) is 25.7 Å². The molecule has 1 aromatic heterocycles. The Bertz CT molecular complexity index is 561. The zero-order valence-electron chi connectivity index (χ0n) is 13.7. The number of hydrogen-bond donors (Lipinski definition) is 0. The molecule has 2 aliphatic carbocycles. The van der Waals surface area contributed by atoms with Crippen LogP contribution >= 0.6 is 0 Å². The van der Waals surface area contributed by atoms with Gasteiger partial charge in [-0.25, -0.2) is 0 Å². The van der Waals surface area contributed by atoms with Crippen LogP contribution in [0.1, 0.15) is 44.7 Å². The van der Waals surface area contributed by atoms with E-state index in [0.29, 0.717) is 18.4 Å². The van der Waals surface area contributed by atoms with E-state index in [2.05, 4.69) is 4.98 Å². The highest BCUT2D eigenvalue weighted by molar-refractivity contribution is 5.75. The molecule has 1 aromatic rings. The number of pyridine rings is 1. The van der Waals surface area contributed by atoms with Crippen molar-refractivity contribution >= 4 is 5.97 Å². The second-order valence-electron chi connectivity index (χ2n) is 7.37. The first-order valence-corrected chi connectivity index (χ1v) is 8.96. The fraction of sp³-hybridized carbons (Fsp3) is 0.684. The molecule has 124 valence electrons. The summed E-state index contributed by atoms with van der Waals surface area (Å²) in [5.41, 5.74) is 0.958. The van der Waals surface area contributed by atoms with Crippen molar-refractivity contribution in [1.29, 1.82) is 0 Å². The third kappa shape index (κ3) is 2.78. The van der Waals surface area contributed by atoms with Gasteiger partial charge < -0.3 is 9.47 Å². The van der Waals surface area contributed by atoms with Crippen molar-refractivity contribution in [2.24, 2.45) is 23.7 Å². The molecule has 2 heterocycles. The summed E-state index contributed by atoms with van der Waals surface area (Å²) in [4.78, 5) is 16.6. The number of ether oxygens (including phenoxy) is 2. The summed E-state index contributed by atoms with van der Waals surface area (Å²) in [5, 5.41) is 0. The Hall–Kier alpha value is -1.42. The third-order valence-electron chi connectivity index (χ3n) is 6.09. The van der Waals surface area contributed by atoms with Gasteiger partial charge in [0.2, 0.25) is 0 Å². The Morgan fingerprint density at radius 2 is 2.17 bits per heavy atom. The van der Waals surface area contributed by atoms with E-state index in [9.17, 15) is 4.79 Å². The molecule has 3 aliphatic rings. The molecule has 3 fully saturated rings. The highest BCUT2D eigenvalue weighted by atomic mass is 16.6. The molecule has 1 aliphatic heterocycles. The topological polar surface area (TPSA) is 48.4 Å². The van der Waals surface area contributed by atoms with E-state index in [4.69, 9.17) is 9.47 Å². The summed E-state index contributed by atoms with van der Waals surface area (Å²) in [6.45, 7) is 2.56. The zero-order valence-corrected chi connectivity index (χ0v) is 13.7. The van der Waals surface area contributed by atoms with Crippen LogP contribution < -0.4 is 0 Å². The monoisotopic (exact) mass is 315 g/mol. The number of carbonyl (C=O) groups excluding carboxylic acids is 1. The van der Waals surface area contributed by atoms with Crippen molar-refractivity contribution in [1.82, 2.24) is 4.98 Å². The van der Waals surface area contributed by atoms with Crippen LogP contribution in [0.15, 0.2) is 24.4 Å². The fourth-order valence-electron chi connectivity index (χ4n) is 5.06. The molecule has 0 spiro atoms. The van der Waals surface area contributed by atoms with Crippen molar-refractivity contribution in [3.05, 3.63) is 30.1 Å². The van der Waals surface area contributed by atoms with E-state index >= 15 is 0 Å². The second kappa shape index (κ2) is 6.23. The van der Waals surface area contributed by atoms with Gasteiger partial charge >= 0.3 is 5.97 Å². The van der Waals surface area contributed by atoms with Crippen molar-refractivity contribution in [2.75, 3.05) is 0 Å². The number of rotatable bonds is 3. The highest BCUT2D eigenvalue weighted by Crippen LogP contribution is 2.51. The predicted molar refractivity (Wildman–Crippen MR) is 85.4 cm³/mol. The molecule has 0 bridgehead atoms. The number of nitrogens with zero attached hydrogens (tertiary/aromatic N) is 1. The standard InChI is InChI=1S/C19H25NO3/c1-12-17-16(19(21)23-12)10-13-6-2-3-8-15(13)18(17)22-11-14-7-4-5-9-20-14/h4-5,7,9,12-13,15-18H,2-3,6,8,10-11H2,1H3/t12-,13?,15?,16?,17?,18+/m0/s1. The number of aromatic nitrogens is 1. The maximum Gasteiger partial charge on any atom is 0.309 e. The summed E-state index contributed by atoms with van der Waals surface area (Å²) in [6.07, 6.45) is 7.94. The van der Waals surface area contributed by atoms with E-state index in [1.54, 1.807) is 6.20 Å². The van der Waals surface area contributed by atoms with Gasteiger partial charge in [-0.3, -0.25) is 9.78 Å². The fourth-order valence-corrected chi connectivity index (χ4v) is 5.06. The Labute approximate surface area is 137 Å². The molecule has 0 N–H and O–H groups in total. The van der Waals surface area contributed by atoms with Gasteiger partial charge in [-0.05, 0) is 43.7 Å². The number of esters is 1. The number of carbonyl (C=O) groups is 1. The van der Waals surface area contributed by atoms with Gasteiger partial charge in [0.25, 0.3) is 0 Å². The minimum atomic E-state index is -0.0240. The lowest BCUT2D eigenvalue weighted by Crippen LogP contribution is -2.48. The van der Waals surface area contributed by atoms with E-state index < -0.39 is 0 Å². The Morgan fingerprint density at radius 1 is 1.30 bits per heavy atom. The minimum Gasteiger partial charge on any atom is -0.462 e. The zero-order chi connectivity index (χ0) is 15.8. The maximum absolute atomic E-state index is 12.2. The molecule has 0 amide bonds. The van der Waals surface area contributed by atoms with Crippen molar-refractivity contribution in [2.45, 2.75) is 57.8 Å². The van der Waals surface area contributed by atoms with Crippen LogP contribution in [-0.4, -0.2) is 23.2 Å². The first-order chi connectivity index (χ1) is 11.2. The van der Waals surface area contributed by atoms with Crippen LogP contribution in [0.5, 0.6) is 0 Å². The smallest absolute Gasteiger partial charge is 0.309 e. The molecule has 1 saturated heterocycles. The Morgan fingerprint density at radius 3 is 3.00 bits per heavy atom. The van der Waals surface area contributed by atoms with Gasteiger partial charge in [-0.1, -0.05) is 25.3 Å². The summed E-state index contributed by atoms with van der Waals surface area (Å²) in [5.74, 6) is 1.45. The van der Waals surface area contributed by atoms with Crippen molar-refractivity contribution < 1.29 is 14.3 Å². The quantitative estimate of drug-likeness (QED) is 0.803. The number of fused-ring (bicyclic) bond motifs is 2. The molecule has 4 nitrogen and oxygen atoms in total. The summed E-state index contributed by atoms with van der Waals surface area (Å²) >= 11 is 0. The molecule has 4 heteroatoms.